The van der Waals surface area contributed by atoms with Crippen LogP contribution >= 0.6 is 0 Å². The standard InChI is InChI=1S/C26H38N2O6/c1-15(23(31)32)27-22(30)14-34-28-18-7-10-24(3)17(13-18)5-6-19-20(24)8-11-25(4)21(19)9-12-26(25,33)16(2)29/h13,15,19-21,33H,5-12,14H2,1-4H3,(H,27,30)(H,31,32)/b28-18+/t15-,19+,20-,21-,24-,25-,26-/m0/s1. The van der Waals surface area contributed by atoms with Crippen molar-refractivity contribution in [1.82, 2.24) is 5.32 Å². The van der Waals surface area contributed by atoms with E-state index in [9.17, 15) is 19.5 Å². The lowest BCUT2D eigenvalue weighted by Crippen LogP contribution is -2.57. The summed E-state index contributed by atoms with van der Waals surface area (Å²) in [6, 6.07) is -0.972. The fraction of sp³-hybridized carbons (Fsp3) is 0.769. The molecule has 188 valence electrons. The molecular formula is C26H38N2O6. The van der Waals surface area contributed by atoms with Crippen molar-refractivity contribution in [3.63, 3.8) is 0 Å². The van der Waals surface area contributed by atoms with E-state index in [1.165, 1.54) is 12.5 Å². The van der Waals surface area contributed by atoms with Crippen LogP contribution in [-0.2, 0) is 19.2 Å². The molecule has 34 heavy (non-hydrogen) atoms. The van der Waals surface area contributed by atoms with Crippen LogP contribution in [0.25, 0.3) is 0 Å². The Kier molecular flexibility index (Phi) is 6.42. The summed E-state index contributed by atoms with van der Waals surface area (Å²) in [4.78, 5) is 40.3. The Morgan fingerprint density at radius 1 is 1.15 bits per heavy atom. The quantitative estimate of drug-likeness (QED) is 0.508. The highest BCUT2D eigenvalue weighted by atomic mass is 16.6. The maximum atomic E-state index is 12.4. The third-order valence-corrected chi connectivity index (χ3v) is 9.84. The number of oxime groups is 1. The van der Waals surface area contributed by atoms with Crippen LogP contribution in [0.1, 0.15) is 79.1 Å². The summed E-state index contributed by atoms with van der Waals surface area (Å²) in [7, 11) is 0. The first-order chi connectivity index (χ1) is 15.9. The molecule has 0 radical (unpaired) electrons. The monoisotopic (exact) mass is 474 g/mol. The molecule has 3 N–H and O–H groups in total. The number of amides is 1. The van der Waals surface area contributed by atoms with Gasteiger partial charge in [0.1, 0.15) is 11.6 Å². The summed E-state index contributed by atoms with van der Waals surface area (Å²) in [5.41, 5.74) is 0.768. The molecule has 4 aliphatic carbocycles. The van der Waals surface area contributed by atoms with Crippen molar-refractivity contribution < 1.29 is 29.4 Å². The largest absolute Gasteiger partial charge is 0.480 e. The van der Waals surface area contributed by atoms with E-state index in [-0.39, 0.29) is 23.2 Å². The van der Waals surface area contributed by atoms with Gasteiger partial charge in [-0.25, -0.2) is 0 Å². The Morgan fingerprint density at radius 3 is 2.53 bits per heavy atom. The zero-order chi connectivity index (χ0) is 24.9. The van der Waals surface area contributed by atoms with E-state index in [0.29, 0.717) is 24.2 Å². The number of Topliss-reactive ketones (excluding diaryl/α,β-unsaturated/α-hetero) is 1. The van der Waals surface area contributed by atoms with Crippen LogP contribution < -0.4 is 5.32 Å². The van der Waals surface area contributed by atoms with Crippen LogP contribution in [0.4, 0.5) is 0 Å². The summed E-state index contributed by atoms with van der Waals surface area (Å²) in [6.07, 6.45) is 9.29. The SMILES string of the molecule is CC(=O)[C@@]1(O)CC[C@H]2[C@@H]3CCC4=C/C(=N/OCC(=O)N[C@@H](C)C(=O)O)CC[C@]4(C)[C@H]3CC[C@@]21C. The lowest BCUT2D eigenvalue weighted by molar-refractivity contribution is -0.159. The van der Waals surface area contributed by atoms with Gasteiger partial charge in [0.2, 0.25) is 0 Å². The molecule has 0 heterocycles. The molecule has 8 heteroatoms. The zero-order valence-electron chi connectivity index (χ0n) is 20.7. The van der Waals surface area contributed by atoms with Crippen molar-refractivity contribution in [3.8, 4) is 0 Å². The molecule has 0 bridgehead atoms. The molecular weight excluding hydrogens is 436 g/mol. The number of aliphatic hydroxyl groups is 1. The van der Waals surface area contributed by atoms with Gasteiger partial charge < -0.3 is 20.4 Å². The molecule has 7 atom stereocenters. The molecule has 0 aromatic carbocycles. The Hall–Kier alpha value is -2.22. The van der Waals surface area contributed by atoms with E-state index >= 15 is 0 Å². The van der Waals surface area contributed by atoms with Crippen molar-refractivity contribution in [2.75, 3.05) is 6.61 Å². The minimum atomic E-state index is -1.18. The number of rotatable bonds is 6. The fourth-order valence-corrected chi connectivity index (χ4v) is 7.76. The Morgan fingerprint density at radius 2 is 1.85 bits per heavy atom. The van der Waals surface area contributed by atoms with Gasteiger partial charge in [-0.3, -0.25) is 14.4 Å². The van der Waals surface area contributed by atoms with Gasteiger partial charge in [0.05, 0.1) is 5.71 Å². The molecule has 3 fully saturated rings. The van der Waals surface area contributed by atoms with Crippen molar-refractivity contribution in [2.45, 2.75) is 90.7 Å². The summed E-state index contributed by atoms with van der Waals surface area (Å²) in [5, 5.41) is 26.7. The zero-order valence-corrected chi connectivity index (χ0v) is 20.7. The Balaban J connectivity index is 1.44. The van der Waals surface area contributed by atoms with Crippen molar-refractivity contribution in [3.05, 3.63) is 11.6 Å². The lowest BCUT2D eigenvalue weighted by Gasteiger charge is -2.59. The number of nitrogens with zero attached hydrogens (tertiary/aromatic N) is 1. The molecule has 4 rings (SSSR count). The van der Waals surface area contributed by atoms with Crippen molar-refractivity contribution in [1.29, 1.82) is 0 Å². The average Bonchev–Trinajstić information content (AvgIpc) is 3.06. The van der Waals surface area contributed by atoms with E-state index in [4.69, 9.17) is 9.94 Å². The third kappa shape index (κ3) is 3.88. The summed E-state index contributed by atoms with van der Waals surface area (Å²) >= 11 is 0. The Bertz CT molecular complexity index is 944. The van der Waals surface area contributed by atoms with Gasteiger partial charge in [0.15, 0.2) is 12.4 Å². The van der Waals surface area contributed by atoms with Gasteiger partial charge in [-0.2, -0.15) is 0 Å². The van der Waals surface area contributed by atoms with Gasteiger partial charge in [-0.05, 0) is 94.5 Å². The smallest absolute Gasteiger partial charge is 0.325 e. The van der Waals surface area contributed by atoms with Crippen molar-refractivity contribution >= 4 is 23.4 Å². The van der Waals surface area contributed by atoms with E-state index in [1.54, 1.807) is 6.92 Å². The van der Waals surface area contributed by atoms with Crippen molar-refractivity contribution in [2.24, 2.45) is 33.7 Å². The minimum Gasteiger partial charge on any atom is -0.480 e. The number of hydrogen-bond acceptors (Lipinski definition) is 6. The second-order valence-corrected chi connectivity index (χ2v) is 11.4. The highest BCUT2D eigenvalue weighted by Crippen LogP contribution is 2.67. The maximum absolute atomic E-state index is 12.4. The number of carboxylic acids is 1. The second kappa shape index (κ2) is 8.77. The summed E-state index contributed by atoms with van der Waals surface area (Å²) in [6.45, 7) is 7.14. The normalized spacial score (nSPS) is 40.9. The number of aliphatic carboxylic acids is 1. The first kappa shape index (κ1) is 24.9. The van der Waals surface area contributed by atoms with Crippen LogP contribution in [0.5, 0.6) is 0 Å². The summed E-state index contributed by atoms with van der Waals surface area (Å²) in [5.74, 6) is -0.264. The summed E-state index contributed by atoms with van der Waals surface area (Å²) < 4.78 is 0. The van der Waals surface area contributed by atoms with Gasteiger partial charge in [-0.15, -0.1) is 0 Å². The first-order valence-corrected chi connectivity index (χ1v) is 12.6. The highest BCUT2D eigenvalue weighted by Gasteiger charge is 2.65. The number of allylic oxidation sites excluding steroid dienone is 2. The number of nitrogens with one attached hydrogen (secondary N) is 1. The predicted octanol–water partition coefficient (Wildman–Crippen LogP) is 3.23. The topological polar surface area (TPSA) is 125 Å². The van der Waals surface area contributed by atoms with Crippen LogP contribution in [0.2, 0.25) is 0 Å². The van der Waals surface area contributed by atoms with Crippen LogP contribution in [0.3, 0.4) is 0 Å². The van der Waals surface area contributed by atoms with Gasteiger partial charge >= 0.3 is 5.97 Å². The fourth-order valence-electron chi connectivity index (χ4n) is 7.76. The maximum Gasteiger partial charge on any atom is 0.325 e. The Labute approximate surface area is 201 Å². The number of hydrogen-bond donors (Lipinski definition) is 3. The van der Waals surface area contributed by atoms with Gasteiger partial charge in [0.25, 0.3) is 5.91 Å². The average molecular weight is 475 g/mol. The van der Waals surface area contributed by atoms with Gasteiger partial charge in [-0.1, -0.05) is 24.6 Å². The van der Waals surface area contributed by atoms with Gasteiger partial charge in [0, 0.05) is 5.41 Å². The van der Waals surface area contributed by atoms with E-state index in [2.05, 4.69) is 30.4 Å². The predicted molar refractivity (Wildman–Crippen MR) is 126 cm³/mol. The molecule has 0 aromatic rings. The third-order valence-electron chi connectivity index (χ3n) is 9.84. The van der Waals surface area contributed by atoms with E-state index in [1.807, 2.05) is 0 Å². The molecule has 0 saturated heterocycles. The number of fused-ring (bicyclic) bond motifs is 5. The molecule has 0 spiro atoms. The molecule has 4 aliphatic rings. The van der Waals surface area contributed by atoms with Crippen LogP contribution in [0.15, 0.2) is 16.8 Å². The number of ketones is 1. The number of carbonyl (C=O) groups excluding carboxylic acids is 2. The molecule has 0 unspecified atom stereocenters. The number of carboxylic acid groups (broad SMARTS) is 1. The van der Waals surface area contributed by atoms with Crippen LogP contribution in [0, 0.1) is 28.6 Å². The molecule has 0 aromatic heterocycles. The van der Waals surface area contributed by atoms with E-state index < -0.39 is 23.5 Å². The highest BCUT2D eigenvalue weighted by molar-refractivity contribution is 5.96. The molecule has 3 saturated carbocycles. The lowest BCUT2D eigenvalue weighted by atomic mass is 9.46. The molecule has 8 nitrogen and oxygen atoms in total. The number of carbonyl (C=O) groups is 3. The van der Waals surface area contributed by atoms with E-state index in [0.717, 1.165) is 50.7 Å². The molecule has 1 amide bonds. The second-order valence-electron chi connectivity index (χ2n) is 11.4. The molecule has 0 aliphatic heterocycles. The first-order valence-electron chi connectivity index (χ1n) is 12.6. The van der Waals surface area contributed by atoms with Crippen LogP contribution in [-0.4, -0.2) is 51.8 Å². The minimum absolute atomic E-state index is 0.0779.